The average Bonchev–Trinajstić information content (AvgIpc) is 2.30. The van der Waals surface area contributed by atoms with Gasteiger partial charge in [0.2, 0.25) is 5.91 Å². The Bertz CT molecular complexity index is 308. The fourth-order valence-corrected chi connectivity index (χ4v) is 1.38. The SMILES string of the molecule is Cc1cc(NC(=O)CCBr)n(C)n1. The van der Waals surface area contributed by atoms with E-state index < -0.39 is 0 Å². The third-order valence-corrected chi connectivity index (χ3v) is 1.99. The molecule has 0 aliphatic rings. The van der Waals surface area contributed by atoms with Gasteiger partial charge in [0.25, 0.3) is 0 Å². The molecule has 0 spiro atoms. The van der Waals surface area contributed by atoms with Gasteiger partial charge < -0.3 is 5.32 Å². The molecule has 4 nitrogen and oxygen atoms in total. The van der Waals surface area contributed by atoms with Gasteiger partial charge in [-0.15, -0.1) is 0 Å². The van der Waals surface area contributed by atoms with Crippen molar-refractivity contribution >= 4 is 27.7 Å². The number of amides is 1. The number of aromatic nitrogens is 2. The number of carbonyl (C=O) groups excluding carboxylic acids is 1. The number of anilines is 1. The van der Waals surface area contributed by atoms with Crippen molar-refractivity contribution in [3.63, 3.8) is 0 Å². The Hall–Kier alpha value is -0.840. The van der Waals surface area contributed by atoms with Crippen molar-refractivity contribution in [2.45, 2.75) is 13.3 Å². The third-order valence-electron chi connectivity index (χ3n) is 1.59. The van der Waals surface area contributed by atoms with Crippen LogP contribution >= 0.6 is 15.9 Å². The number of halogens is 1. The maximum absolute atomic E-state index is 11.2. The van der Waals surface area contributed by atoms with Gasteiger partial charge in [-0.05, 0) is 6.92 Å². The van der Waals surface area contributed by atoms with E-state index in [2.05, 4.69) is 26.3 Å². The quantitative estimate of drug-likeness (QED) is 0.820. The molecule has 0 radical (unpaired) electrons. The second kappa shape index (κ2) is 4.41. The lowest BCUT2D eigenvalue weighted by Crippen LogP contribution is -2.14. The molecule has 0 bridgehead atoms. The molecule has 1 rings (SSSR count). The first kappa shape index (κ1) is 10.2. The predicted molar refractivity (Wildman–Crippen MR) is 55.0 cm³/mol. The van der Waals surface area contributed by atoms with Gasteiger partial charge in [0.05, 0.1) is 5.69 Å². The summed E-state index contributed by atoms with van der Waals surface area (Å²) in [6, 6.07) is 1.84. The van der Waals surface area contributed by atoms with Crippen LogP contribution < -0.4 is 5.32 Å². The Morgan fingerprint density at radius 1 is 1.77 bits per heavy atom. The van der Waals surface area contributed by atoms with Crippen LogP contribution in [0.5, 0.6) is 0 Å². The minimum Gasteiger partial charge on any atom is -0.311 e. The molecule has 1 N–H and O–H groups in total. The molecule has 0 saturated heterocycles. The van der Waals surface area contributed by atoms with E-state index >= 15 is 0 Å². The smallest absolute Gasteiger partial charge is 0.226 e. The van der Waals surface area contributed by atoms with E-state index in [4.69, 9.17) is 0 Å². The largest absolute Gasteiger partial charge is 0.311 e. The van der Waals surface area contributed by atoms with E-state index in [0.29, 0.717) is 11.8 Å². The van der Waals surface area contributed by atoms with Gasteiger partial charge in [0, 0.05) is 24.9 Å². The van der Waals surface area contributed by atoms with Gasteiger partial charge in [-0.3, -0.25) is 9.48 Å². The van der Waals surface area contributed by atoms with Crippen molar-refractivity contribution in [3.8, 4) is 0 Å². The standard InChI is InChI=1S/C8H12BrN3O/c1-6-5-7(12(2)11-6)10-8(13)3-4-9/h5H,3-4H2,1-2H3,(H,10,13). The first-order valence-electron chi connectivity index (χ1n) is 4.00. The molecule has 1 aromatic heterocycles. The van der Waals surface area contributed by atoms with E-state index in [-0.39, 0.29) is 5.91 Å². The highest BCUT2D eigenvalue weighted by Gasteiger charge is 2.05. The molecule has 0 fully saturated rings. The van der Waals surface area contributed by atoms with Crippen LogP contribution in [-0.4, -0.2) is 21.0 Å². The summed E-state index contributed by atoms with van der Waals surface area (Å²) in [5.41, 5.74) is 0.900. The summed E-state index contributed by atoms with van der Waals surface area (Å²) in [6.45, 7) is 1.89. The number of rotatable bonds is 3. The minimum absolute atomic E-state index is 0.000116. The normalized spacial score (nSPS) is 10.1. The highest BCUT2D eigenvalue weighted by Crippen LogP contribution is 2.08. The van der Waals surface area contributed by atoms with Crippen molar-refractivity contribution < 1.29 is 4.79 Å². The second-order valence-electron chi connectivity index (χ2n) is 2.78. The minimum atomic E-state index is -0.000116. The zero-order chi connectivity index (χ0) is 9.84. The number of carbonyl (C=O) groups is 1. The van der Waals surface area contributed by atoms with Gasteiger partial charge in [0.15, 0.2) is 0 Å². The summed E-state index contributed by atoms with van der Waals surface area (Å²) in [4.78, 5) is 11.2. The van der Waals surface area contributed by atoms with E-state index in [1.165, 1.54) is 0 Å². The molecule has 0 aliphatic heterocycles. The molecule has 72 valence electrons. The highest BCUT2D eigenvalue weighted by atomic mass is 79.9. The number of alkyl halides is 1. The van der Waals surface area contributed by atoms with E-state index in [1.807, 2.05) is 13.0 Å². The molecule has 1 heterocycles. The molecule has 0 unspecified atom stereocenters. The summed E-state index contributed by atoms with van der Waals surface area (Å²) in [5.74, 6) is 0.739. The van der Waals surface area contributed by atoms with Gasteiger partial charge in [-0.1, -0.05) is 15.9 Å². The van der Waals surface area contributed by atoms with Gasteiger partial charge in [-0.2, -0.15) is 5.10 Å². The molecule has 0 atom stereocenters. The lowest BCUT2D eigenvalue weighted by molar-refractivity contribution is -0.115. The fraction of sp³-hybridized carbons (Fsp3) is 0.500. The van der Waals surface area contributed by atoms with Crippen LogP contribution in [-0.2, 0) is 11.8 Å². The number of aryl methyl sites for hydroxylation is 2. The Labute approximate surface area is 85.4 Å². The Morgan fingerprint density at radius 3 is 2.92 bits per heavy atom. The zero-order valence-corrected chi connectivity index (χ0v) is 9.26. The van der Waals surface area contributed by atoms with E-state index in [0.717, 1.165) is 11.5 Å². The lowest BCUT2D eigenvalue weighted by Gasteiger charge is -2.02. The van der Waals surface area contributed by atoms with E-state index in [1.54, 1.807) is 11.7 Å². The van der Waals surface area contributed by atoms with Crippen LogP contribution in [0.3, 0.4) is 0 Å². The van der Waals surface area contributed by atoms with Crippen molar-refractivity contribution in [3.05, 3.63) is 11.8 Å². The van der Waals surface area contributed by atoms with Crippen LogP contribution in [0.2, 0.25) is 0 Å². The van der Waals surface area contributed by atoms with Crippen molar-refractivity contribution in [1.82, 2.24) is 9.78 Å². The summed E-state index contributed by atoms with van der Waals surface area (Å²) < 4.78 is 1.65. The lowest BCUT2D eigenvalue weighted by atomic mass is 10.4. The molecular formula is C8H12BrN3O. The Kier molecular flexibility index (Phi) is 3.48. The monoisotopic (exact) mass is 245 g/mol. The Balaban J connectivity index is 2.63. The molecule has 0 aromatic carbocycles. The topological polar surface area (TPSA) is 46.9 Å². The molecule has 1 aromatic rings. The average molecular weight is 246 g/mol. The maximum atomic E-state index is 11.2. The summed E-state index contributed by atoms with van der Waals surface area (Å²) in [6.07, 6.45) is 0.476. The summed E-state index contributed by atoms with van der Waals surface area (Å²) >= 11 is 3.20. The molecular weight excluding hydrogens is 234 g/mol. The number of hydrogen-bond donors (Lipinski definition) is 1. The fourth-order valence-electron chi connectivity index (χ4n) is 1.02. The number of nitrogens with zero attached hydrogens (tertiary/aromatic N) is 2. The maximum Gasteiger partial charge on any atom is 0.226 e. The number of hydrogen-bond acceptors (Lipinski definition) is 2. The predicted octanol–water partition coefficient (Wildman–Crippen LogP) is 1.45. The molecule has 1 amide bonds. The first-order chi connectivity index (χ1) is 6.13. The molecule has 5 heteroatoms. The van der Waals surface area contributed by atoms with Gasteiger partial charge >= 0.3 is 0 Å². The van der Waals surface area contributed by atoms with Gasteiger partial charge in [0.1, 0.15) is 5.82 Å². The van der Waals surface area contributed by atoms with Crippen LogP contribution in [0.4, 0.5) is 5.82 Å². The molecule has 13 heavy (non-hydrogen) atoms. The van der Waals surface area contributed by atoms with Crippen molar-refractivity contribution in [2.75, 3.05) is 10.6 Å². The van der Waals surface area contributed by atoms with Crippen LogP contribution in [0.25, 0.3) is 0 Å². The first-order valence-corrected chi connectivity index (χ1v) is 5.12. The highest BCUT2D eigenvalue weighted by molar-refractivity contribution is 9.09. The van der Waals surface area contributed by atoms with E-state index in [9.17, 15) is 4.79 Å². The third kappa shape index (κ3) is 2.84. The molecule has 0 saturated carbocycles. The van der Waals surface area contributed by atoms with Crippen molar-refractivity contribution in [2.24, 2.45) is 7.05 Å². The van der Waals surface area contributed by atoms with Crippen LogP contribution in [0.1, 0.15) is 12.1 Å². The molecule has 0 aliphatic carbocycles. The van der Waals surface area contributed by atoms with Gasteiger partial charge in [-0.25, -0.2) is 0 Å². The second-order valence-corrected chi connectivity index (χ2v) is 3.57. The van der Waals surface area contributed by atoms with Crippen LogP contribution in [0, 0.1) is 6.92 Å². The number of nitrogens with one attached hydrogen (secondary N) is 1. The zero-order valence-electron chi connectivity index (χ0n) is 7.67. The summed E-state index contributed by atoms with van der Waals surface area (Å²) in [7, 11) is 1.80. The Morgan fingerprint density at radius 2 is 2.46 bits per heavy atom. The summed E-state index contributed by atoms with van der Waals surface area (Å²) in [5, 5.41) is 7.55. The van der Waals surface area contributed by atoms with Crippen molar-refractivity contribution in [1.29, 1.82) is 0 Å². The van der Waals surface area contributed by atoms with Crippen LogP contribution in [0.15, 0.2) is 6.07 Å².